The van der Waals surface area contributed by atoms with E-state index in [2.05, 4.69) is 22.0 Å². The summed E-state index contributed by atoms with van der Waals surface area (Å²) in [4.78, 5) is 23.6. The molecule has 0 radical (unpaired) electrons. The summed E-state index contributed by atoms with van der Waals surface area (Å²) in [6, 6.07) is 6.12. The highest BCUT2D eigenvalue weighted by atomic mass is 16.5. The molecule has 6 nitrogen and oxygen atoms in total. The van der Waals surface area contributed by atoms with Crippen molar-refractivity contribution >= 4 is 11.9 Å². The van der Waals surface area contributed by atoms with E-state index in [0.29, 0.717) is 19.7 Å². The second kappa shape index (κ2) is 10.7. The van der Waals surface area contributed by atoms with Gasteiger partial charge in [0.25, 0.3) is 0 Å². The van der Waals surface area contributed by atoms with Gasteiger partial charge in [-0.25, -0.2) is 4.79 Å². The Morgan fingerprint density at radius 1 is 1.08 bits per heavy atom. The SMILES string of the molecule is Cc1ccc(OCCNC(=O)CCNC(=O)NC2CCCCC2)c(C)c1. The van der Waals surface area contributed by atoms with Crippen LogP contribution in [0.4, 0.5) is 4.79 Å². The Kier molecular flexibility index (Phi) is 8.25. The molecule has 0 atom stereocenters. The molecule has 1 fully saturated rings. The van der Waals surface area contributed by atoms with Gasteiger partial charge in [0.1, 0.15) is 12.4 Å². The molecule has 0 aromatic heterocycles. The van der Waals surface area contributed by atoms with Gasteiger partial charge in [0, 0.05) is 19.0 Å². The fourth-order valence-electron chi connectivity index (χ4n) is 3.17. The van der Waals surface area contributed by atoms with E-state index >= 15 is 0 Å². The van der Waals surface area contributed by atoms with Gasteiger partial charge < -0.3 is 20.7 Å². The summed E-state index contributed by atoms with van der Waals surface area (Å²) >= 11 is 0. The summed E-state index contributed by atoms with van der Waals surface area (Å²) in [5.41, 5.74) is 2.28. The molecule has 144 valence electrons. The van der Waals surface area contributed by atoms with Crippen molar-refractivity contribution < 1.29 is 14.3 Å². The van der Waals surface area contributed by atoms with Crippen LogP contribution in [0.15, 0.2) is 18.2 Å². The van der Waals surface area contributed by atoms with Crippen LogP contribution in [0.3, 0.4) is 0 Å². The maximum Gasteiger partial charge on any atom is 0.315 e. The minimum Gasteiger partial charge on any atom is -0.491 e. The zero-order chi connectivity index (χ0) is 18.8. The number of nitrogens with one attached hydrogen (secondary N) is 3. The number of benzene rings is 1. The van der Waals surface area contributed by atoms with E-state index in [1.54, 1.807) is 0 Å². The molecule has 0 bridgehead atoms. The number of ether oxygens (including phenoxy) is 1. The third-order valence-electron chi connectivity index (χ3n) is 4.59. The summed E-state index contributed by atoms with van der Waals surface area (Å²) in [5.74, 6) is 0.748. The lowest BCUT2D eigenvalue weighted by molar-refractivity contribution is -0.121. The normalized spacial score (nSPS) is 14.5. The Bertz CT molecular complexity index is 598. The monoisotopic (exact) mass is 361 g/mol. The van der Waals surface area contributed by atoms with Gasteiger partial charge in [-0.15, -0.1) is 0 Å². The molecule has 1 aliphatic rings. The highest BCUT2D eigenvalue weighted by molar-refractivity contribution is 5.78. The van der Waals surface area contributed by atoms with Crippen LogP contribution in [0, 0.1) is 13.8 Å². The van der Waals surface area contributed by atoms with E-state index < -0.39 is 0 Å². The number of carbonyl (C=O) groups is 2. The predicted molar refractivity (Wildman–Crippen MR) is 102 cm³/mol. The molecule has 0 aliphatic heterocycles. The lowest BCUT2D eigenvalue weighted by Crippen LogP contribution is -2.44. The lowest BCUT2D eigenvalue weighted by atomic mass is 9.96. The number of hydrogen-bond acceptors (Lipinski definition) is 3. The van der Waals surface area contributed by atoms with Crippen LogP contribution in [-0.2, 0) is 4.79 Å². The van der Waals surface area contributed by atoms with Gasteiger partial charge in [-0.1, -0.05) is 37.0 Å². The molecule has 26 heavy (non-hydrogen) atoms. The Morgan fingerprint density at radius 3 is 2.58 bits per heavy atom. The van der Waals surface area contributed by atoms with Crippen LogP contribution in [-0.4, -0.2) is 37.7 Å². The van der Waals surface area contributed by atoms with Crippen molar-refractivity contribution in [2.75, 3.05) is 19.7 Å². The standard InChI is InChI=1S/C20H31N3O3/c1-15-8-9-18(16(2)14-15)26-13-12-21-19(24)10-11-22-20(25)23-17-6-4-3-5-7-17/h8-9,14,17H,3-7,10-13H2,1-2H3,(H,21,24)(H2,22,23,25). The number of rotatable bonds is 8. The predicted octanol–water partition coefficient (Wildman–Crippen LogP) is 2.82. The first-order chi connectivity index (χ1) is 12.5. The maximum atomic E-state index is 11.8. The van der Waals surface area contributed by atoms with Gasteiger partial charge in [-0.2, -0.15) is 0 Å². The minimum atomic E-state index is -0.178. The number of aryl methyl sites for hydroxylation is 2. The van der Waals surface area contributed by atoms with Crippen LogP contribution >= 0.6 is 0 Å². The molecule has 1 saturated carbocycles. The van der Waals surface area contributed by atoms with Crippen LogP contribution in [0.25, 0.3) is 0 Å². The molecular formula is C20H31N3O3. The molecular weight excluding hydrogens is 330 g/mol. The summed E-state index contributed by atoms with van der Waals surface area (Å²) in [5, 5.41) is 8.52. The van der Waals surface area contributed by atoms with Crippen molar-refractivity contribution in [1.29, 1.82) is 0 Å². The number of hydrogen-bond donors (Lipinski definition) is 3. The van der Waals surface area contributed by atoms with Crippen molar-refractivity contribution in [3.63, 3.8) is 0 Å². The van der Waals surface area contributed by atoms with E-state index in [1.807, 2.05) is 26.0 Å². The fraction of sp³-hybridized carbons (Fsp3) is 0.600. The molecule has 1 aliphatic carbocycles. The third kappa shape index (κ3) is 7.33. The molecule has 0 heterocycles. The maximum absolute atomic E-state index is 11.8. The average Bonchev–Trinajstić information content (AvgIpc) is 2.61. The van der Waals surface area contributed by atoms with Gasteiger partial charge in [0.05, 0.1) is 6.54 Å². The highest BCUT2D eigenvalue weighted by Crippen LogP contribution is 2.18. The largest absolute Gasteiger partial charge is 0.491 e. The fourth-order valence-corrected chi connectivity index (χ4v) is 3.17. The van der Waals surface area contributed by atoms with Crippen LogP contribution in [0.2, 0.25) is 0 Å². The summed E-state index contributed by atoms with van der Waals surface area (Å²) in [6.07, 6.45) is 5.98. The Morgan fingerprint density at radius 2 is 1.85 bits per heavy atom. The van der Waals surface area contributed by atoms with E-state index in [4.69, 9.17) is 4.74 Å². The first kappa shape index (κ1) is 20.1. The summed E-state index contributed by atoms with van der Waals surface area (Å²) in [7, 11) is 0. The average molecular weight is 361 g/mol. The Hall–Kier alpha value is -2.24. The van der Waals surface area contributed by atoms with Crippen LogP contribution in [0.5, 0.6) is 5.75 Å². The zero-order valence-corrected chi connectivity index (χ0v) is 15.9. The molecule has 0 saturated heterocycles. The van der Waals surface area contributed by atoms with Gasteiger partial charge in [0.15, 0.2) is 0 Å². The van der Waals surface area contributed by atoms with Gasteiger partial charge in [-0.3, -0.25) is 4.79 Å². The molecule has 1 aromatic rings. The second-order valence-electron chi connectivity index (χ2n) is 6.95. The van der Waals surface area contributed by atoms with Crippen molar-refractivity contribution in [1.82, 2.24) is 16.0 Å². The quantitative estimate of drug-likeness (QED) is 0.623. The Balaban J connectivity index is 1.52. The molecule has 6 heteroatoms. The Labute approximate surface area is 156 Å². The zero-order valence-electron chi connectivity index (χ0n) is 15.9. The first-order valence-electron chi connectivity index (χ1n) is 9.55. The highest BCUT2D eigenvalue weighted by Gasteiger charge is 2.15. The molecule has 3 N–H and O–H groups in total. The first-order valence-corrected chi connectivity index (χ1v) is 9.55. The number of urea groups is 1. The van der Waals surface area contributed by atoms with Gasteiger partial charge in [-0.05, 0) is 38.3 Å². The molecule has 0 spiro atoms. The second-order valence-corrected chi connectivity index (χ2v) is 6.95. The summed E-state index contributed by atoms with van der Waals surface area (Å²) in [6.45, 7) is 5.25. The van der Waals surface area contributed by atoms with Gasteiger partial charge >= 0.3 is 6.03 Å². The van der Waals surface area contributed by atoms with E-state index in [9.17, 15) is 9.59 Å². The van der Waals surface area contributed by atoms with Crippen molar-refractivity contribution in [3.05, 3.63) is 29.3 Å². The smallest absolute Gasteiger partial charge is 0.315 e. The number of amides is 3. The van der Waals surface area contributed by atoms with Crippen molar-refractivity contribution in [3.8, 4) is 5.75 Å². The topological polar surface area (TPSA) is 79.5 Å². The lowest BCUT2D eigenvalue weighted by Gasteiger charge is -2.22. The summed E-state index contributed by atoms with van der Waals surface area (Å²) < 4.78 is 5.67. The molecule has 3 amide bonds. The van der Waals surface area contributed by atoms with Crippen LogP contribution < -0.4 is 20.7 Å². The molecule has 1 aromatic carbocycles. The number of carbonyl (C=O) groups excluding carboxylic acids is 2. The molecule has 2 rings (SSSR count). The van der Waals surface area contributed by atoms with Crippen molar-refractivity contribution in [2.45, 2.75) is 58.4 Å². The van der Waals surface area contributed by atoms with E-state index in [-0.39, 0.29) is 24.4 Å². The third-order valence-corrected chi connectivity index (χ3v) is 4.59. The molecule has 0 unspecified atom stereocenters. The minimum absolute atomic E-state index is 0.0906. The van der Waals surface area contributed by atoms with E-state index in [0.717, 1.165) is 24.2 Å². The van der Waals surface area contributed by atoms with Crippen molar-refractivity contribution in [2.24, 2.45) is 0 Å². The van der Waals surface area contributed by atoms with Crippen LogP contribution in [0.1, 0.15) is 49.7 Å². The van der Waals surface area contributed by atoms with Gasteiger partial charge in [0.2, 0.25) is 5.91 Å². The van der Waals surface area contributed by atoms with E-state index in [1.165, 1.54) is 24.8 Å².